The van der Waals surface area contributed by atoms with Crippen LogP contribution in [0.3, 0.4) is 0 Å². The first-order valence-corrected chi connectivity index (χ1v) is 7.39. The van der Waals surface area contributed by atoms with Gasteiger partial charge in [-0.1, -0.05) is 41.6 Å². The third-order valence-corrected chi connectivity index (χ3v) is 3.25. The molecule has 0 fully saturated rings. The van der Waals surface area contributed by atoms with E-state index >= 15 is 0 Å². The van der Waals surface area contributed by atoms with E-state index in [9.17, 15) is 4.39 Å². The molecule has 0 saturated carbocycles. The van der Waals surface area contributed by atoms with Crippen molar-refractivity contribution in [2.75, 3.05) is 0 Å². The van der Waals surface area contributed by atoms with Crippen LogP contribution in [-0.2, 0) is 17.9 Å². The van der Waals surface area contributed by atoms with E-state index in [0.717, 1.165) is 5.56 Å². The highest BCUT2D eigenvalue weighted by Gasteiger charge is 2.08. The van der Waals surface area contributed by atoms with Crippen LogP contribution in [0.2, 0.25) is 0 Å². The molecule has 0 saturated heterocycles. The zero-order chi connectivity index (χ0) is 16.8. The number of nitrogens with two attached hydrogens (primary N) is 1. The van der Waals surface area contributed by atoms with Gasteiger partial charge in [0.1, 0.15) is 23.6 Å². The van der Waals surface area contributed by atoms with E-state index in [4.69, 9.17) is 15.0 Å². The Morgan fingerprint density at radius 3 is 2.79 bits per heavy atom. The van der Waals surface area contributed by atoms with Crippen LogP contribution in [0.1, 0.15) is 11.3 Å². The Balaban J connectivity index is 1.56. The second-order valence-electron chi connectivity index (χ2n) is 5.17. The summed E-state index contributed by atoms with van der Waals surface area (Å²) in [4.78, 5) is 9.43. The smallest absolute Gasteiger partial charge is 0.226 e. The van der Waals surface area contributed by atoms with Crippen LogP contribution in [0.4, 0.5) is 4.39 Å². The summed E-state index contributed by atoms with van der Waals surface area (Å²) in [6.07, 6.45) is 1.96. The predicted octanol–water partition coefficient (Wildman–Crippen LogP) is 3.51. The maximum atomic E-state index is 13.2. The van der Waals surface area contributed by atoms with Crippen LogP contribution in [-0.4, -0.2) is 10.8 Å². The third-order valence-electron chi connectivity index (χ3n) is 3.25. The Morgan fingerprint density at radius 2 is 2.00 bits per heavy atom. The van der Waals surface area contributed by atoms with Crippen molar-refractivity contribution in [3.05, 3.63) is 77.9 Å². The number of benzene rings is 2. The molecule has 1 heterocycles. The standard InChI is InChI=1S/C18H16FN3O2/c19-15-8-4-7-14(10-15)18-21-16(11-23-18)12-24-22-17(20)9-13-5-2-1-3-6-13/h1-8,10-11H,9,12H2,(H2,20,22). The van der Waals surface area contributed by atoms with Gasteiger partial charge in [0.15, 0.2) is 6.61 Å². The van der Waals surface area contributed by atoms with Crippen molar-refractivity contribution in [1.82, 2.24) is 4.98 Å². The lowest BCUT2D eigenvalue weighted by atomic mass is 10.1. The summed E-state index contributed by atoms with van der Waals surface area (Å²) in [5.74, 6) is 0.353. The molecule has 122 valence electrons. The highest BCUT2D eigenvalue weighted by atomic mass is 19.1. The Labute approximate surface area is 138 Å². The van der Waals surface area contributed by atoms with Gasteiger partial charge in [0, 0.05) is 12.0 Å². The number of halogens is 1. The van der Waals surface area contributed by atoms with Crippen molar-refractivity contribution in [3.63, 3.8) is 0 Å². The lowest BCUT2D eigenvalue weighted by Gasteiger charge is -2.01. The molecule has 6 heteroatoms. The zero-order valence-corrected chi connectivity index (χ0v) is 12.9. The fourth-order valence-electron chi connectivity index (χ4n) is 2.15. The highest BCUT2D eigenvalue weighted by Crippen LogP contribution is 2.19. The zero-order valence-electron chi connectivity index (χ0n) is 12.9. The molecule has 0 aliphatic heterocycles. The topological polar surface area (TPSA) is 73.6 Å². The molecule has 0 spiro atoms. The predicted molar refractivity (Wildman–Crippen MR) is 88.5 cm³/mol. The van der Waals surface area contributed by atoms with Crippen LogP contribution >= 0.6 is 0 Å². The largest absolute Gasteiger partial charge is 0.444 e. The fraction of sp³-hybridized carbons (Fsp3) is 0.111. The average molecular weight is 325 g/mol. The van der Waals surface area contributed by atoms with Gasteiger partial charge in [-0.25, -0.2) is 9.37 Å². The minimum atomic E-state index is -0.346. The molecule has 24 heavy (non-hydrogen) atoms. The molecule has 2 aromatic carbocycles. The molecular weight excluding hydrogens is 309 g/mol. The SMILES string of the molecule is N/C(Cc1ccccc1)=N\OCc1coc(-c2cccc(F)c2)n1. The van der Waals surface area contributed by atoms with Crippen LogP contribution in [0.25, 0.3) is 11.5 Å². The molecule has 3 aromatic rings. The molecule has 0 atom stereocenters. The molecule has 0 amide bonds. The minimum Gasteiger partial charge on any atom is -0.444 e. The van der Waals surface area contributed by atoms with Gasteiger partial charge in [-0.15, -0.1) is 0 Å². The van der Waals surface area contributed by atoms with Crippen molar-refractivity contribution in [1.29, 1.82) is 0 Å². The second-order valence-corrected chi connectivity index (χ2v) is 5.17. The minimum absolute atomic E-state index is 0.119. The maximum absolute atomic E-state index is 13.2. The van der Waals surface area contributed by atoms with Gasteiger partial charge in [-0.05, 0) is 23.8 Å². The Bertz CT molecular complexity index is 831. The van der Waals surface area contributed by atoms with Gasteiger partial charge < -0.3 is 15.0 Å². The molecular formula is C18H16FN3O2. The van der Waals surface area contributed by atoms with Crippen molar-refractivity contribution in [2.45, 2.75) is 13.0 Å². The summed E-state index contributed by atoms with van der Waals surface area (Å²) in [6.45, 7) is 0.119. The van der Waals surface area contributed by atoms with Gasteiger partial charge in [-0.2, -0.15) is 0 Å². The van der Waals surface area contributed by atoms with Crippen LogP contribution in [0.5, 0.6) is 0 Å². The van der Waals surface area contributed by atoms with Crippen LogP contribution in [0, 0.1) is 5.82 Å². The summed E-state index contributed by atoms with van der Waals surface area (Å²) in [5.41, 5.74) is 7.99. The summed E-state index contributed by atoms with van der Waals surface area (Å²) in [7, 11) is 0. The van der Waals surface area contributed by atoms with Gasteiger partial charge in [-0.3, -0.25) is 0 Å². The van der Waals surface area contributed by atoms with Crippen molar-refractivity contribution >= 4 is 5.84 Å². The summed E-state index contributed by atoms with van der Waals surface area (Å²) in [6, 6.07) is 15.8. The number of aromatic nitrogens is 1. The quantitative estimate of drug-likeness (QED) is 0.427. The molecule has 0 bridgehead atoms. The number of oxazole rings is 1. The van der Waals surface area contributed by atoms with E-state index in [1.165, 1.54) is 18.4 Å². The Hall–Kier alpha value is -3.15. The maximum Gasteiger partial charge on any atom is 0.226 e. The number of amidine groups is 1. The van der Waals surface area contributed by atoms with Crippen molar-refractivity contribution < 1.29 is 13.6 Å². The van der Waals surface area contributed by atoms with E-state index in [1.54, 1.807) is 12.1 Å². The summed E-state index contributed by atoms with van der Waals surface area (Å²) >= 11 is 0. The van der Waals surface area contributed by atoms with Crippen LogP contribution < -0.4 is 5.73 Å². The van der Waals surface area contributed by atoms with Gasteiger partial charge in [0.2, 0.25) is 5.89 Å². The van der Waals surface area contributed by atoms with E-state index in [-0.39, 0.29) is 12.4 Å². The Morgan fingerprint density at radius 1 is 1.17 bits per heavy atom. The molecule has 1 aromatic heterocycles. The summed E-state index contributed by atoms with van der Waals surface area (Å²) in [5, 5.41) is 3.86. The molecule has 2 N–H and O–H groups in total. The van der Waals surface area contributed by atoms with E-state index in [2.05, 4.69) is 10.1 Å². The number of hydrogen-bond donors (Lipinski definition) is 1. The normalized spacial score (nSPS) is 11.5. The van der Waals surface area contributed by atoms with E-state index in [1.807, 2.05) is 30.3 Å². The molecule has 3 rings (SSSR count). The fourth-order valence-corrected chi connectivity index (χ4v) is 2.15. The van der Waals surface area contributed by atoms with Crippen molar-refractivity contribution in [2.24, 2.45) is 10.9 Å². The van der Waals surface area contributed by atoms with Gasteiger partial charge in [0.25, 0.3) is 0 Å². The summed E-state index contributed by atoms with van der Waals surface area (Å²) < 4.78 is 18.5. The second kappa shape index (κ2) is 7.41. The highest BCUT2D eigenvalue weighted by molar-refractivity contribution is 5.82. The first-order valence-electron chi connectivity index (χ1n) is 7.39. The van der Waals surface area contributed by atoms with E-state index in [0.29, 0.717) is 29.4 Å². The first-order chi connectivity index (χ1) is 11.7. The van der Waals surface area contributed by atoms with Gasteiger partial charge >= 0.3 is 0 Å². The monoisotopic (exact) mass is 325 g/mol. The Kier molecular flexibility index (Phi) is 4.86. The molecule has 0 aliphatic carbocycles. The number of hydrogen-bond acceptors (Lipinski definition) is 4. The lowest BCUT2D eigenvalue weighted by Crippen LogP contribution is -2.15. The van der Waals surface area contributed by atoms with E-state index < -0.39 is 0 Å². The molecule has 0 radical (unpaired) electrons. The molecule has 5 nitrogen and oxygen atoms in total. The van der Waals surface area contributed by atoms with Crippen molar-refractivity contribution in [3.8, 4) is 11.5 Å². The first kappa shape index (κ1) is 15.7. The third kappa shape index (κ3) is 4.19. The lowest BCUT2D eigenvalue weighted by molar-refractivity contribution is 0.127. The molecule has 0 aliphatic rings. The number of oxime groups is 1. The number of nitrogens with zero attached hydrogens (tertiary/aromatic N) is 2. The van der Waals surface area contributed by atoms with Gasteiger partial charge in [0.05, 0.1) is 0 Å². The molecule has 0 unspecified atom stereocenters. The van der Waals surface area contributed by atoms with Crippen LogP contribution in [0.15, 0.2) is 70.4 Å². The number of rotatable bonds is 6. The average Bonchev–Trinajstić information content (AvgIpc) is 3.05.